The summed E-state index contributed by atoms with van der Waals surface area (Å²) in [5.74, 6) is 1.18. The smallest absolute Gasteiger partial charge is 0.326 e. The Bertz CT molecular complexity index is 592. The van der Waals surface area contributed by atoms with Crippen LogP contribution in [0, 0.1) is 11.3 Å². The van der Waals surface area contributed by atoms with Gasteiger partial charge in [-0.3, -0.25) is 4.79 Å². The van der Waals surface area contributed by atoms with Gasteiger partial charge in [-0.2, -0.15) is 13.2 Å². The van der Waals surface area contributed by atoms with Crippen molar-refractivity contribution >= 4 is 17.7 Å². The Balaban J connectivity index is 2.05. The van der Waals surface area contributed by atoms with Crippen molar-refractivity contribution in [1.29, 1.82) is 0 Å². The van der Waals surface area contributed by atoms with Gasteiger partial charge in [-0.05, 0) is 35.4 Å². The monoisotopic (exact) mass is 373 g/mol. The van der Waals surface area contributed by atoms with Crippen LogP contribution in [-0.2, 0) is 11.0 Å². The quantitative estimate of drug-likeness (QED) is 0.670. The van der Waals surface area contributed by atoms with Crippen LogP contribution in [0.3, 0.4) is 0 Å². The number of hydrogen-bond acceptors (Lipinski definition) is 2. The van der Waals surface area contributed by atoms with Crippen LogP contribution in [0.15, 0.2) is 24.3 Å². The number of rotatable bonds is 4. The van der Waals surface area contributed by atoms with Gasteiger partial charge in [0.25, 0.3) is 0 Å². The number of carbonyl (C=O) groups excluding carboxylic acids is 1. The Morgan fingerprint density at radius 3 is 2.36 bits per heavy atom. The van der Waals surface area contributed by atoms with Gasteiger partial charge in [0.2, 0.25) is 5.91 Å². The SMILES string of the molecule is C[C@@H](CC(=O)N1CCS[C@H]1c1ccc(C(F)(F)F)cc1)CC(C)(C)C. The number of thioether (sulfide) groups is 1. The number of carbonyl (C=O) groups is 1. The molecule has 140 valence electrons. The first-order valence-corrected chi connectivity index (χ1v) is 9.60. The molecule has 0 bridgehead atoms. The summed E-state index contributed by atoms with van der Waals surface area (Å²) in [6, 6.07) is 5.17. The molecule has 1 heterocycles. The molecule has 0 unspecified atom stereocenters. The van der Waals surface area contributed by atoms with E-state index < -0.39 is 11.7 Å². The van der Waals surface area contributed by atoms with Crippen molar-refractivity contribution < 1.29 is 18.0 Å². The lowest BCUT2D eigenvalue weighted by molar-refractivity contribution is -0.137. The number of nitrogens with zero attached hydrogens (tertiary/aromatic N) is 1. The summed E-state index contributed by atoms with van der Waals surface area (Å²) in [5, 5.41) is -0.184. The number of alkyl halides is 3. The summed E-state index contributed by atoms with van der Waals surface area (Å²) >= 11 is 1.61. The lowest BCUT2D eigenvalue weighted by Crippen LogP contribution is -2.32. The number of amides is 1. The zero-order valence-electron chi connectivity index (χ0n) is 15.2. The van der Waals surface area contributed by atoms with E-state index in [9.17, 15) is 18.0 Å². The minimum atomic E-state index is -4.33. The number of benzene rings is 1. The van der Waals surface area contributed by atoms with E-state index in [4.69, 9.17) is 0 Å². The van der Waals surface area contributed by atoms with E-state index >= 15 is 0 Å². The van der Waals surface area contributed by atoms with Crippen LogP contribution in [0.5, 0.6) is 0 Å². The van der Waals surface area contributed by atoms with Crippen LogP contribution in [-0.4, -0.2) is 23.1 Å². The second-order valence-electron chi connectivity index (χ2n) is 8.00. The van der Waals surface area contributed by atoms with E-state index in [-0.39, 0.29) is 22.6 Å². The summed E-state index contributed by atoms with van der Waals surface area (Å²) in [6.45, 7) is 9.21. The first-order valence-electron chi connectivity index (χ1n) is 8.55. The maximum atomic E-state index is 12.7. The van der Waals surface area contributed by atoms with Gasteiger partial charge in [0, 0.05) is 18.7 Å². The fourth-order valence-electron chi connectivity index (χ4n) is 3.37. The second-order valence-corrected chi connectivity index (χ2v) is 9.19. The summed E-state index contributed by atoms with van der Waals surface area (Å²) in [5.41, 5.74) is 0.273. The predicted octanol–water partition coefficient (Wildman–Crippen LogP) is 5.74. The summed E-state index contributed by atoms with van der Waals surface area (Å²) < 4.78 is 38.1. The van der Waals surface area contributed by atoms with Crippen LogP contribution in [0.4, 0.5) is 13.2 Å². The molecule has 0 aliphatic carbocycles. The highest BCUT2D eigenvalue weighted by molar-refractivity contribution is 7.99. The highest BCUT2D eigenvalue weighted by Gasteiger charge is 2.33. The molecule has 0 aromatic heterocycles. The molecule has 2 nitrogen and oxygen atoms in total. The molecule has 0 radical (unpaired) electrons. The van der Waals surface area contributed by atoms with Crippen molar-refractivity contribution in [3.8, 4) is 0 Å². The van der Waals surface area contributed by atoms with Crippen molar-refractivity contribution in [1.82, 2.24) is 4.90 Å². The van der Waals surface area contributed by atoms with E-state index in [2.05, 4.69) is 27.7 Å². The molecule has 2 atom stereocenters. The lowest BCUT2D eigenvalue weighted by atomic mass is 9.84. The van der Waals surface area contributed by atoms with Gasteiger partial charge in [0.05, 0.1) is 5.56 Å². The molecular weight excluding hydrogens is 347 g/mol. The topological polar surface area (TPSA) is 20.3 Å². The molecule has 1 aliphatic rings. The minimum absolute atomic E-state index is 0.0895. The average Bonchev–Trinajstić information content (AvgIpc) is 2.93. The second kappa shape index (κ2) is 7.60. The van der Waals surface area contributed by atoms with E-state index in [0.717, 1.165) is 29.9 Å². The summed E-state index contributed by atoms with van der Waals surface area (Å²) in [4.78, 5) is 14.5. The molecule has 2 rings (SSSR count). The Kier molecular flexibility index (Phi) is 6.13. The third-order valence-corrected chi connectivity index (χ3v) is 5.48. The molecule has 1 fully saturated rings. The molecule has 0 spiro atoms. The van der Waals surface area contributed by atoms with Gasteiger partial charge in [0.1, 0.15) is 5.37 Å². The molecule has 1 saturated heterocycles. The van der Waals surface area contributed by atoms with Crippen LogP contribution in [0.2, 0.25) is 0 Å². The lowest BCUT2D eigenvalue weighted by Gasteiger charge is -2.28. The fraction of sp³-hybridized carbons (Fsp3) is 0.632. The van der Waals surface area contributed by atoms with Crippen molar-refractivity contribution in [2.45, 2.75) is 52.1 Å². The van der Waals surface area contributed by atoms with Crippen molar-refractivity contribution in [3.63, 3.8) is 0 Å². The normalized spacial score (nSPS) is 20.0. The molecule has 25 heavy (non-hydrogen) atoms. The zero-order valence-corrected chi connectivity index (χ0v) is 16.0. The van der Waals surface area contributed by atoms with Gasteiger partial charge in [-0.15, -0.1) is 11.8 Å². The largest absolute Gasteiger partial charge is 0.416 e. The van der Waals surface area contributed by atoms with E-state index in [0.29, 0.717) is 13.0 Å². The Morgan fingerprint density at radius 1 is 1.24 bits per heavy atom. The van der Waals surface area contributed by atoms with Gasteiger partial charge in [-0.1, -0.05) is 39.8 Å². The maximum absolute atomic E-state index is 12.7. The molecule has 1 aliphatic heterocycles. The Hall–Kier alpha value is -1.17. The van der Waals surface area contributed by atoms with Crippen LogP contribution in [0.1, 0.15) is 57.0 Å². The third kappa shape index (κ3) is 5.66. The van der Waals surface area contributed by atoms with Gasteiger partial charge < -0.3 is 4.90 Å². The van der Waals surface area contributed by atoms with Crippen LogP contribution >= 0.6 is 11.8 Å². The highest BCUT2D eigenvalue weighted by Crippen LogP contribution is 2.40. The average molecular weight is 373 g/mol. The van der Waals surface area contributed by atoms with Crippen LogP contribution in [0.25, 0.3) is 0 Å². The van der Waals surface area contributed by atoms with Crippen molar-refractivity contribution in [2.75, 3.05) is 12.3 Å². The summed E-state index contributed by atoms with van der Waals surface area (Å²) in [7, 11) is 0. The Morgan fingerprint density at radius 2 is 1.84 bits per heavy atom. The van der Waals surface area contributed by atoms with E-state index in [1.54, 1.807) is 11.8 Å². The first-order chi connectivity index (χ1) is 11.5. The van der Waals surface area contributed by atoms with Gasteiger partial charge in [0.15, 0.2) is 0 Å². The number of halogens is 3. The molecule has 1 amide bonds. The molecule has 1 aromatic carbocycles. The standard InChI is InChI=1S/C19H26F3NOS/c1-13(12-18(2,3)4)11-16(24)23-9-10-25-17(23)14-5-7-15(8-6-14)19(20,21)22/h5-8,13,17H,9-12H2,1-4H3/t13-,17-/m0/s1. The molecule has 1 aromatic rings. The third-order valence-electron chi connectivity index (χ3n) is 4.22. The predicted molar refractivity (Wildman–Crippen MR) is 96.2 cm³/mol. The minimum Gasteiger partial charge on any atom is -0.326 e. The molecule has 6 heteroatoms. The summed E-state index contributed by atoms with van der Waals surface area (Å²) in [6.07, 6.45) is -2.89. The van der Waals surface area contributed by atoms with Gasteiger partial charge >= 0.3 is 6.18 Å². The van der Waals surface area contributed by atoms with E-state index in [1.165, 1.54) is 12.1 Å². The zero-order chi connectivity index (χ0) is 18.8. The van der Waals surface area contributed by atoms with Crippen molar-refractivity contribution in [2.24, 2.45) is 11.3 Å². The maximum Gasteiger partial charge on any atom is 0.416 e. The number of hydrogen-bond donors (Lipinski definition) is 0. The molecular formula is C19H26F3NOS. The Labute approximate surface area is 152 Å². The molecule has 0 saturated carbocycles. The van der Waals surface area contributed by atoms with Crippen LogP contribution < -0.4 is 0 Å². The first kappa shape index (κ1) is 20.1. The highest BCUT2D eigenvalue weighted by atomic mass is 32.2. The van der Waals surface area contributed by atoms with Gasteiger partial charge in [-0.25, -0.2) is 0 Å². The van der Waals surface area contributed by atoms with E-state index in [1.807, 2.05) is 4.90 Å². The molecule has 0 N–H and O–H groups in total. The fourth-order valence-corrected chi connectivity index (χ4v) is 4.65. The van der Waals surface area contributed by atoms with Crippen molar-refractivity contribution in [3.05, 3.63) is 35.4 Å².